The van der Waals surface area contributed by atoms with Crippen molar-refractivity contribution in [1.82, 2.24) is 9.78 Å². The zero-order chi connectivity index (χ0) is 19.9. The van der Waals surface area contributed by atoms with Crippen LogP contribution >= 0.6 is 15.9 Å². The highest BCUT2D eigenvalue weighted by molar-refractivity contribution is 9.10. The molecule has 0 radical (unpaired) electrons. The van der Waals surface area contributed by atoms with Gasteiger partial charge in [-0.2, -0.15) is 5.10 Å². The van der Waals surface area contributed by atoms with Crippen molar-refractivity contribution in [2.75, 3.05) is 12.4 Å². The molecule has 3 aromatic rings. The molecule has 6 nitrogen and oxygen atoms in total. The maximum Gasteiger partial charge on any atom is 0.266 e. The highest BCUT2D eigenvalue weighted by atomic mass is 79.9. The molecule has 1 aromatic heterocycles. The molecule has 0 saturated carbocycles. The molecule has 0 aliphatic rings. The van der Waals surface area contributed by atoms with Crippen LogP contribution in [0.25, 0.3) is 11.3 Å². The van der Waals surface area contributed by atoms with Crippen LogP contribution in [0, 0.1) is 0 Å². The summed E-state index contributed by atoms with van der Waals surface area (Å²) in [5.74, 6) is 0.622. The molecular weight excluding hydrogens is 422 g/mol. The van der Waals surface area contributed by atoms with Crippen LogP contribution in [0.15, 0.2) is 69.9 Å². The summed E-state index contributed by atoms with van der Waals surface area (Å²) in [5.41, 5.74) is 2.17. The third-order valence-electron chi connectivity index (χ3n) is 4.15. The minimum absolute atomic E-state index is 0.109. The largest absolute Gasteiger partial charge is 0.497 e. The Balaban J connectivity index is 1.57. The quantitative estimate of drug-likeness (QED) is 0.598. The summed E-state index contributed by atoms with van der Waals surface area (Å²) in [6.07, 6.45) is 0.807. The molecule has 0 saturated heterocycles. The third kappa shape index (κ3) is 5.29. The van der Waals surface area contributed by atoms with Crippen LogP contribution in [-0.4, -0.2) is 22.8 Å². The van der Waals surface area contributed by atoms with Crippen molar-refractivity contribution in [3.05, 3.63) is 75.5 Å². The molecule has 2 aromatic carbocycles. The van der Waals surface area contributed by atoms with E-state index in [-0.39, 0.29) is 11.5 Å². The second-order valence-electron chi connectivity index (χ2n) is 6.17. The summed E-state index contributed by atoms with van der Waals surface area (Å²) in [5, 5.41) is 7.25. The molecule has 0 fully saturated rings. The van der Waals surface area contributed by atoms with Gasteiger partial charge in [0, 0.05) is 34.8 Å². The van der Waals surface area contributed by atoms with Gasteiger partial charge in [-0.25, -0.2) is 4.68 Å². The summed E-state index contributed by atoms with van der Waals surface area (Å²) in [6, 6.07) is 18.1. The number of amides is 1. The van der Waals surface area contributed by atoms with Crippen LogP contribution in [0.4, 0.5) is 5.69 Å². The van der Waals surface area contributed by atoms with Gasteiger partial charge in [0.25, 0.3) is 5.56 Å². The standard InChI is InChI=1S/C21H20BrN3O3/c1-28-18-10-8-17(9-11-18)23-20(26)3-2-14-25-21(27)13-12-19(24-25)15-4-6-16(22)7-5-15/h4-13H,2-3,14H2,1H3,(H,23,26). The number of benzene rings is 2. The first-order valence-electron chi connectivity index (χ1n) is 8.83. The summed E-state index contributed by atoms with van der Waals surface area (Å²) < 4.78 is 7.47. The first-order valence-corrected chi connectivity index (χ1v) is 9.62. The number of nitrogens with zero attached hydrogens (tertiary/aromatic N) is 2. The van der Waals surface area contributed by atoms with Crippen molar-refractivity contribution in [3.8, 4) is 17.0 Å². The second-order valence-corrected chi connectivity index (χ2v) is 7.08. The average molecular weight is 442 g/mol. The van der Waals surface area contributed by atoms with Crippen LogP contribution in [0.2, 0.25) is 0 Å². The van der Waals surface area contributed by atoms with Crippen molar-refractivity contribution in [3.63, 3.8) is 0 Å². The van der Waals surface area contributed by atoms with E-state index < -0.39 is 0 Å². The Bertz CT molecular complexity index is 999. The van der Waals surface area contributed by atoms with E-state index in [0.29, 0.717) is 25.1 Å². The van der Waals surface area contributed by atoms with Crippen molar-refractivity contribution in [2.45, 2.75) is 19.4 Å². The lowest BCUT2D eigenvalue weighted by Crippen LogP contribution is -2.23. The molecule has 0 atom stereocenters. The van der Waals surface area contributed by atoms with E-state index in [9.17, 15) is 9.59 Å². The second kappa shape index (κ2) is 9.32. The molecule has 0 unspecified atom stereocenters. The van der Waals surface area contributed by atoms with Crippen molar-refractivity contribution < 1.29 is 9.53 Å². The van der Waals surface area contributed by atoms with E-state index in [4.69, 9.17) is 4.74 Å². The van der Waals surface area contributed by atoms with E-state index in [0.717, 1.165) is 21.5 Å². The van der Waals surface area contributed by atoms with Crippen LogP contribution in [0.3, 0.4) is 0 Å². The number of ether oxygens (including phenoxy) is 1. The van der Waals surface area contributed by atoms with Gasteiger partial charge < -0.3 is 10.1 Å². The number of aromatic nitrogens is 2. The predicted molar refractivity (Wildman–Crippen MR) is 112 cm³/mol. The number of aryl methyl sites for hydroxylation is 1. The average Bonchev–Trinajstić information content (AvgIpc) is 2.70. The smallest absolute Gasteiger partial charge is 0.266 e. The fraction of sp³-hybridized carbons (Fsp3) is 0.190. The van der Waals surface area contributed by atoms with Gasteiger partial charge in [-0.05, 0) is 48.9 Å². The Morgan fingerprint density at radius 1 is 1.07 bits per heavy atom. The zero-order valence-corrected chi connectivity index (χ0v) is 17.0. The minimum Gasteiger partial charge on any atom is -0.497 e. The lowest BCUT2D eigenvalue weighted by molar-refractivity contribution is -0.116. The number of carbonyl (C=O) groups is 1. The van der Waals surface area contributed by atoms with E-state index in [2.05, 4.69) is 26.3 Å². The maximum atomic E-state index is 12.1. The van der Waals surface area contributed by atoms with Crippen molar-refractivity contribution >= 4 is 27.5 Å². The molecule has 0 aliphatic heterocycles. The molecular formula is C21H20BrN3O3. The van der Waals surface area contributed by atoms with Crippen molar-refractivity contribution in [2.24, 2.45) is 0 Å². The molecule has 0 spiro atoms. The SMILES string of the molecule is COc1ccc(NC(=O)CCCn2nc(-c3ccc(Br)cc3)ccc2=O)cc1. The van der Waals surface area contributed by atoms with Crippen molar-refractivity contribution in [1.29, 1.82) is 0 Å². The topological polar surface area (TPSA) is 73.2 Å². The fourth-order valence-corrected chi connectivity index (χ4v) is 2.94. The fourth-order valence-electron chi connectivity index (χ4n) is 2.67. The minimum atomic E-state index is -0.184. The van der Waals surface area contributed by atoms with Crippen LogP contribution in [0.5, 0.6) is 5.75 Å². The first-order chi connectivity index (χ1) is 13.5. The van der Waals surface area contributed by atoms with E-state index in [1.807, 2.05) is 24.3 Å². The molecule has 0 bridgehead atoms. The first kappa shape index (κ1) is 19.8. The number of rotatable bonds is 7. The Morgan fingerprint density at radius 2 is 1.79 bits per heavy atom. The number of carbonyl (C=O) groups excluding carboxylic acids is 1. The number of nitrogens with one attached hydrogen (secondary N) is 1. The van der Waals surface area contributed by atoms with Gasteiger partial charge in [0.05, 0.1) is 12.8 Å². The number of hydrogen-bond donors (Lipinski definition) is 1. The zero-order valence-electron chi connectivity index (χ0n) is 15.4. The molecule has 28 heavy (non-hydrogen) atoms. The molecule has 7 heteroatoms. The van der Waals surface area contributed by atoms with Gasteiger partial charge >= 0.3 is 0 Å². The summed E-state index contributed by atoms with van der Waals surface area (Å²) in [4.78, 5) is 24.2. The van der Waals surface area contributed by atoms with Crippen LogP contribution in [-0.2, 0) is 11.3 Å². The summed E-state index contributed by atoms with van der Waals surface area (Å²) in [7, 11) is 1.59. The third-order valence-corrected chi connectivity index (χ3v) is 4.68. The van der Waals surface area contributed by atoms with Crippen LogP contribution < -0.4 is 15.6 Å². The van der Waals surface area contributed by atoms with Gasteiger partial charge in [0.15, 0.2) is 0 Å². The number of methoxy groups -OCH3 is 1. The normalized spacial score (nSPS) is 10.5. The Labute approximate surface area is 171 Å². The van der Waals surface area contributed by atoms with Gasteiger partial charge in [0.2, 0.25) is 5.91 Å². The molecule has 3 rings (SSSR count). The monoisotopic (exact) mass is 441 g/mol. The molecule has 144 valence electrons. The number of anilines is 1. The Morgan fingerprint density at radius 3 is 2.46 bits per heavy atom. The number of halogens is 1. The Kier molecular flexibility index (Phi) is 6.60. The van der Waals surface area contributed by atoms with Gasteiger partial charge in [-0.1, -0.05) is 28.1 Å². The van der Waals surface area contributed by atoms with E-state index in [1.54, 1.807) is 37.4 Å². The van der Waals surface area contributed by atoms with E-state index in [1.165, 1.54) is 10.7 Å². The molecule has 0 aliphatic carbocycles. The predicted octanol–water partition coefficient (Wildman–Crippen LogP) is 4.10. The lowest BCUT2D eigenvalue weighted by atomic mass is 10.1. The van der Waals surface area contributed by atoms with E-state index >= 15 is 0 Å². The highest BCUT2D eigenvalue weighted by Crippen LogP contribution is 2.19. The molecule has 1 heterocycles. The van der Waals surface area contributed by atoms with Gasteiger partial charge in [0.1, 0.15) is 5.75 Å². The summed E-state index contributed by atoms with van der Waals surface area (Å²) >= 11 is 3.40. The lowest BCUT2D eigenvalue weighted by Gasteiger charge is -2.08. The van der Waals surface area contributed by atoms with Crippen LogP contribution in [0.1, 0.15) is 12.8 Å². The molecule has 1 amide bonds. The molecule has 1 N–H and O–H groups in total. The summed E-state index contributed by atoms with van der Waals surface area (Å²) in [6.45, 7) is 0.374. The maximum absolute atomic E-state index is 12.1. The Hall–Kier alpha value is -2.93. The van der Waals surface area contributed by atoms with Gasteiger partial charge in [-0.15, -0.1) is 0 Å². The highest BCUT2D eigenvalue weighted by Gasteiger charge is 2.06. The van der Waals surface area contributed by atoms with Gasteiger partial charge in [-0.3, -0.25) is 9.59 Å². The number of hydrogen-bond acceptors (Lipinski definition) is 4.